The zero-order valence-corrected chi connectivity index (χ0v) is 6.96. The van der Waals surface area contributed by atoms with Crippen molar-refractivity contribution < 1.29 is 23.9 Å². The van der Waals surface area contributed by atoms with Gasteiger partial charge in [0.05, 0.1) is 7.11 Å². The number of carbonyl (C=O) groups excluding carboxylic acids is 3. The first-order valence-electron chi connectivity index (χ1n) is 3.28. The molecule has 0 saturated carbocycles. The first-order chi connectivity index (χ1) is 5.56. The third-order valence-electron chi connectivity index (χ3n) is 0.972. The Morgan fingerprint density at radius 3 is 2.17 bits per heavy atom. The first kappa shape index (κ1) is 10.6. The Morgan fingerprint density at radius 2 is 1.75 bits per heavy atom. The van der Waals surface area contributed by atoms with Gasteiger partial charge in [0.15, 0.2) is 6.61 Å². The van der Waals surface area contributed by atoms with Gasteiger partial charge in [-0.1, -0.05) is 0 Å². The molecule has 0 fully saturated rings. The highest BCUT2D eigenvalue weighted by atomic mass is 16.6. The Morgan fingerprint density at radius 1 is 1.17 bits per heavy atom. The molecule has 12 heavy (non-hydrogen) atoms. The van der Waals surface area contributed by atoms with Crippen molar-refractivity contribution in [3.63, 3.8) is 0 Å². The van der Waals surface area contributed by atoms with E-state index in [2.05, 4.69) is 9.47 Å². The van der Waals surface area contributed by atoms with Gasteiger partial charge >= 0.3 is 11.9 Å². The van der Waals surface area contributed by atoms with Gasteiger partial charge in [-0.2, -0.15) is 0 Å². The van der Waals surface area contributed by atoms with Gasteiger partial charge in [-0.25, -0.2) is 4.79 Å². The van der Waals surface area contributed by atoms with E-state index in [0.717, 1.165) is 0 Å². The van der Waals surface area contributed by atoms with Crippen LogP contribution in [0.1, 0.15) is 13.3 Å². The van der Waals surface area contributed by atoms with Crippen LogP contribution >= 0.6 is 0 Å². The van der Waals surface area contributed by atoms with Crippen molar-refractivity contribution in [3.05, 3.63) is 0 Å². The molecule has 0 spiro atoms. The number of rotatable bonds is 4. The second kappa shape index (κ2) is 5.29. The van der Waals surface area contributed by atoms with Crippen molar-refractivity contribution in [3.8, 4) is 0 Å². The summed E-state index contributed by atoms with van der Waals surface area (Å²) in [6.45, 7) is 0.821. The Hall–Kier alpha value is -1.39. The van der Waals surface area contributed by atoms with Gasteiger partial charge in [0, 0.05) is 0 Å². The van der Waals surface area contributed by atoms with E-state index < -0.39 is 18.5 Å². The largest absolute Gasteiger partial charge is 0.466 e. The van der Waals surface area contributed by atoms with Crippen LogP contribution in [0, 0.1) is 0 Å². The maximum absolute atomic E-state index is 10.6. The summed E-state index contributed by atoms with van der Waals surface area (Å²) in [5.41, 5.74) is 0. The van der Waals surface area contributed by atoms with Crippen LogP contribution in [0.15, 0.2) is 0 Å². The number of hydrogen-bond donors (Lipinski definition) is 0. The molecule has 0 atom stereocenters. The van der Waals surface area contributed by atoms with Crippen molar-refractivity contribution in [2.75, 3.05) is 13.7 Å². The molecule has 68 valence electrons. The van der Waals surface area contributed by atoms with Crippen LogP contribution < -0.4 is 0 Å². The topological polar surface area (TPSA) is 69.7 Å². The van der Waals surface area contributed by atoms with Crippen molar-refractivity contribution in [1.29, 1.82) is 0 Å². The summed E-state index contributed by atoms with van der Waals surface area (Å²) in [4.78, 5) is 31.4. The molecule has 0 heterocycles. The molecule has 0 bridgehead atoms. The minimum Gasteiger partial charge on any atom is -0.466 e. The number of carbonyl (C=O) groups is 3. The zero-order chi connectivity index (χ0) is 9.56. The molecule has 5 nitrogen and oxygen atoms in total. The van der Waals surface area contributed by atoms with Crippen LogP contribution in [0.25, 0.3) is 0 Å². The number of methoxy groups -OCH3 is 1. The van der Waals surface area contributed by atoms with Crippen LogP contribution in [-0.4, -0.2) is 31.4 Å². The van der Waals surface area contributed by atoms with Crippen molar-refractivity contribution >= 4 is 17.7 Å². The quantitative estimate of drug-likeness (QED) is 0.431. The SMILES string of the molecule is COC(=O)COC(=O)CC(C)=O. The number of Topliss-reactive ketones (excluding diaryl/α,β-unsaturated/α-hetero) is 1. The molecule has 0 aliphatic heterocycles. The first-order valence-corrected chi connectivity index (χ1v) is 3.28. The van der Waals surface area contributed by atoms with Gasteiger partial charge in [0.1, 0.15) is 12.2 Å². The number of ether oxygens (including phenoxy) is 2. The van der Waals surface area contributed by atoms with Crippen LogP contribution in [0.3, 0.4) is 0 Å². The predicted octanol–water partition coefficient (Wildman–Crippen LogP) is -0.318. The lowest BCUT2D eigenvalue weighted by molar-refractivity contribution is -0.157. The van der Waals surface area contributed by atoms with E-state index in [1.165, 1.54) is 14.0 Å². The molecule has 0 aromatic heterocycles. The monoisotopic (exact) mass is 174 g/mol. The van der Waals surface area contributed by atoms with Gasteiger partial charge in [0.25, 0.3) is 0 Å². The summed E-state index contributed by atoms with van der Waals surface area (Å²) in [5.74, 6) is -1.66. The lowest BCUT2D eigenvalue weighted by atomic mass is 10.3. The second-order valence-corrected chi connectivity index (χ2v) is 2.12. The normalized spacial score (nSPS) is 8.83. The third kappa shape index (κ3) is 5.40. The summed E-state index contributed by atoms with van der Waals surface area (Å²) in [5, 5.41) is 0. The van der Waals surface area contributed by atoms with E-state index in [0.29, 0.717) is 0 Å². The number of hydrogen-bond acceptors (Lipinski definition) is 5. The van der Waals surface area contributed by atoms with Gasteiger partial charge in [-0.15, -0.1) is 0 Å². The fraction of sp³-hybridized carbons (Fsp3) is 0.571. The average Bonchev–Trinajstić information content (AvgIpc) is 1.99. The molecule has 5 heteroatoms. The summed E-state index contributed by atoms with van der Waals surface area (Å²) in [6.07, 6.45) is -0.309. The highest BCUT2D eigenvalue weighted by molar-refractivity contribution is 5.94. The lowest BCUT2D eigenvalue weighted by Gasteiger charge is -2.00. The summed E-state index contributed by atoms with van der Waals surface area (Å²) in [6, 6.07) is 0. The fourth-order valence-corrected chi connectivity index (χ4v) is 0.453. The Labute approximate surface area is 69.6 Å². The molecule has 0 N–H and O–H groups in total. The van der Waals surface area contributed by atoms with Crippen LogP contribution in [0.2, 0.25) is 0 Å². The van der Waals surface area contributed by atoms with Gasteiger partial charge in [0.2, 0.25) is 0 Å². The van der Waals surface area contributed by atoms with Crippen molar-refractivity contribution in [2.24, 2.45) is 0 Å². The van der Waals surface area contributed by atoms with Crippen molar-refractivity contribution in [2.45, 2.75) is 13.3 Å². The fourth-order valence-electron chi connectivity index (χ4n) is 0.453. The Kier molecular flexibility index (Phi) is 4.67. The molecule has 0 saturated heterocycles. The lowest BCUT2D eigenvalue weighted by Crippen LogP contribution is -2.16. The smallest absolute Gasteiger partial charge is 0.344 e. The molecule has 0 aliphatic carbocycles. The Balaban J connectivity index is 3.57. The molecule has 0 rings (SSSR count). The van der Waals surface area contributed by atoms with E-state index >= 15 is 0 Å². The van der Waals surface area contributed by atoms with E-state index in [-0.39, 0.29) is 12.2 Å². The molecule has 0 aliphatic rings. The highest BCUT2D eigenvalue weighted by Gasteiger charge is 2.08. The summed E-state index contributed by atoms with van der Waals surface area (Å²) in [7, 11) is 1.18. The second-order valence-electron chi connectivity index (χ2n) is 2.12. The summed E-state index contributed by atoms with van der Waals surface area (Å²) < 4.78 is 8.58. The molecule has 0 aromatic carbocycles. The molecule has 0 radical (unpaired) electrons. The van der Waals surface area contributed by atoms with Gasteiger partial charge in [-0.05, 0) is 6.92 Å². The average molecular weight is 174 g/mol. The minimum absolute atomic E-state index is 0.301. The van der Waals surface area contributed by atoms with Crippen LogP contribution in [0.4, 0.5) is 0 Å². The van der Waals surface area contributed by atoms with Crippen LogP contribution in [0.5, 0.6) is 0 Å². The van der Waals surface area contributed by atoms with Gasteiger partial charge < -0.3 is 9.47 Å². The molecule has 0 amide bonds. The van der Waals surface area contributed by atoms with Crippen LogP contribution in [-0.2, 0) is 23.9 Å². The number of ketones is 1. The molecule has 0 unspecified atom stereocenters. The molecule has 0 aromatic rings. The van der Waals surface area contributed by atoms with E-state index in [9.17, 15) is 14.4 Å². The van der Waals surface area contributed by atoms with Crippen molar-refractivity contribution in [1.82, 2.24) is 0 Å². The van der Waals surface area contributed by atoms with E-state index in [4.69, 9.17) is 0 Å². The highest BCUT2D eigenvalue weighted by Crippen LogP contribution is 1.88. The number of esters is 2. The summed E-state index contributed by atoms with van der Waals surface area (Å²) >= 11 is 0. The maximum atomic E-state index is 10.6. The predicted molar refractivity (Wildman–Crippen MR) is 38.3 cm³/mol. The standard InChI is InChI=1S/C7H10O5/c1-5(8)3-6(9)12-4-7(10)11-2/h3-4H2,1-2H3. The third-order valence-corrected chi connectivity index (χ3v) is 0.972. The minimum atomic E-state index is -0.715. The molecular weight excluding hydrogens is 164 g/mol. The van der Waals surface area contributed by atoms with Gasteiger partial charge in [-0.3, -0.25) is 9.59 Å². The van der Waals surface area contributed by atoms with E-state index in [1.54, 1.807) is 0 Å². The van der Waals surface area contributed by atoms with E-state index in [1.807, 2.05) is 0 Å². The molecular formula is C7H10O5. The zero-order valence-electron chi connectivity index (χ0n) is 6.96. The maximum Gasteiger partial charge on any atom is 0.344 e. The Bertz CT molecular complexity index is 196.